The van der Waals surface area contributed by atoms with Gasteiger partial charge in [-0.05, 0) is 81.7 Å². The number of carbonyl (C=O) groups is 1. The fraction of sp³-hybridized carbons (Fsp3) is 0.154. The number of hydrogen-bond acceptors (Lipinski definition) is 7. The second-order valence-electron chi connectivity index (χ2n) is 7.01. The normalized spacial score (nSPS) is 11.1. The van der Waals surface area contributed by atoms with E-state index >= 15 is 0 Å². The molecule has 0 aliphatic rings. The van der Waals surface area contributed by atoms with Crippen LogP contribution in [0.5, 0.6) is 28.7 Å². The maximum Gasteiger partial charge on any atom is 0.203 e. The molecular formula is C26H24BrNO6. The molecule has 0 saturated carbocycles. The van der Waals surface area contributed by atoms with Gasteiger partial charge in [-0.2, -0.15) is 0 Å². The maximum atomic E-state index is 12.9. The number of phenolic OH excluding ortho intramolecular Hbond substituents is 1. The Morgan fingerprint density at radius 1 is 0.853 bits per heavy atom. The second kappa shape index (κ2) is 11.4. The van der Waals surface area contributed by atoms with E-state index in [2.05, 4.69) is 20.9 Å². The molecule has 0 aliphatic heterocycles. The number of aliphatic imine (C=N–C) groups is 1. The van der Waals surface area contributed by atoms with E-state index in [1.54, 1.807) is 60.8 Å². The Morgan fingerprint density at radius 2 is 1.53 bits per heavy atom. The van der Waals surface area contributed by atoms with Crippen molar-refractivity contribution in [2.45, 2.75) is 0 Å². The summed E-state index contributed by atoms with van der Waals surface area (Å²) in [4.78, 5) is 17.3. The van der Waals surface area contributed by atoms with E-state index in [-0.39, 0.29) is 11.5 Å². The van der Waals surface area contributed by atoms with Gasteiger partial charge in [0.15, 0.2) is 17.3 Å². The molecule has 0 amide bonds. The largest absolute Gasteiger partial charge is 0.507 e. The number of halogens is 1. The zero-order valence-electron chi connectivity index (χ0n) is 19.2. The van der Waals surface area contributed by atoms with Crippen molar-refractivity contribution in [3.05, 3.63) is 75.8 Å². The number of hydrogen-bond donors (Lipinski definition) is 1. The number of phenols is 1. The van der Waals surface area contributed by atoms with E-state index in [0.717, 1.165) is 5.56 Å². The zero-order chi connectivity index (χ0) is 24.7. The predicted molar refractivity (Wildman–Crippen MR) is 136 cm³/mol. The molecular weight excluding hydrogens is 502 g/mol. The van der Waals surface area contributed by atoms with Gasteiger partial charge in [0.1, 0.15) is 17.2 Å². The van der Waals surface area contributed by atoms with Crippen LogP contribution in [0, 0.1) is 0 Å². The molecule has 0 atom stereocenters. The monoisotopic (exact) mass is 525 g/mol. The Hall–Kier alpha value is -3.78. The summed E-state index contributed by atoms with van der Waals surface area (Å²) in [5, 5.41) is 9.65. The second-order valence-corrected chi connectivity index (χ2v) is 7.87. The van der Waals surface area contributed by atoms with Crippen LogP contribution in [0.4, 0.5) is 5.69 Å². The summed E-state index contributed by atoms with van der Waals surface area (Å²) in [7, 11) is 6.14. The lowest BCUT2D eigenvalue weighted by Crippen LogP contribution is -1.97. The van der Waals surface area contributed by atoms with Crippen LogP contribution in [0.1, 0.15) is 21.5 Å². The van der Waals surface area contributed by atoms with Gasteiger partial charge in [-0.15, -0.1) is 0 Å². The quantitative estimate of drug-likeness (QED) is 0.214. The summed E-state index contributed by atoms with van der Waals surface area (Å²) >= 11 is 3.28. The van der Waals surface area contributed by atoms with Crippen molar-refractivity contribution in [3.8, 4) is 28.7 Å². The molecule has 3 aromatic carbocycles. The predicted octanol–water partition coefficient (Wildman–Crippen LogP) is 5.84. The third-order valence-corrected chi connectivity index (χ3v) is 5.54. The average molecular weight is 526 g/mol. The summed E-state index contributed by atoms with van der Waals surface area (Å²) in [5.41, 5.74) is 2.43. The summed E-state index contributed by atoms with van der Waals surface area (Å²) in [5.74, 6) is 1.93. The molecule has 34 heavy (non-hydrogen) atoms. The van der Waals surface area contributed by atoms with Gasteiger partial charge < -0.3 is 24.1 Å². The van der Waals surface area contributed by atoms with Gasteiger partial charge in [-0.25, -0.2) is 0 Å². The van der Waals surface area contributed by atoms with Gasteiger partial charge in [0, 0.05) is 11.8 Å². The molecule has 0 radical (unpaired) electrons. The topological polar surface area (TPSA) is 86.6 Å². The molecule has 0 unspecified atom stereocenters. The van der Waals surface area contributed by atoms with E-state index in [9.17, 15) is 9.90 Å². The third kappa shape index (κ3) is 5.77. The number of aromatic hydroxyl groups is 1. The van der Waals surface area contributed by atoms with E-state index in [1.165, 1.54) is 34.5 Å². The number of benzene rings is 3. The average Bonchev–Trinajstić information content (AvgIpc) is 2.86. The molecule has 0 aromatic heterocycles. The Morgan fingerprint density at radius 3 is 2.12 bits per heavy atom. The molecule has 0 spiro atoms. The Kier molecular flexibility index (Phi) is 8.32. The van der Waals surface area contributed by atoms with Crippen LogP contribution in [-0.2, 0) is 0 Å². The lowest BCUT2D eigenvalue weighted by Gasteiger charge is -2.12. The highest BCUT2D eigenvalue weighted by molar-refractivity contribution is 9.10. The smallest absolute Gasteiger partial charge is 0.203 e. The number of methoxy groups -OCH3 is 4. The number of carbonyl (C=O) groups excluding carboxylic acids is 1. The van der Waals surface area contributed by atoms with Crippen molar-refractivity contribution in [2.24, 2.45) is 4.99 Å². The van der Waals surface area contributed by atoms with E-state index < -0.39 is 0 Å². The lowest BCUT2D eigenvalue weighted by molar-refractivity contribution is 0.104. The van der Waals surface area contributed by atoms with Crippen LogP contribution in [0.2, 0.25) is 0 Å². The number of rotatable bonds is 9. The first-order chi connectivity index (χ1) is 16.4. The first-order valence-electron chi connectivity index (χ1n) is 10.1. The van der Waals surface area contributed by atoms with Crippen molar-refractivity contribution in [3.63, 3.8) is 0 Å². The highest BCUT2D eigenvalue weighted by Crippen LogP contribution is 2.38. The third-order valence-electron chi connectivity index (χ3n) is 4.90. The summed E-state index contributed by atoms with van der Waals surface area (Å²) in [6.07, 6.45) is 4.77. The first kappa shape index (κ1) is 24.9. The minimum absolute atomic E-state index is 0.140. The van der Waals surface area contributed by atoms with Gasteiger partial charge >= 0.3 is 0 Å². The number of ketones is 1. The standard InChI is InChI=1S/C26H24BrNO6/c1-31-23-10-7-18(14-20(23)28-15-17-6-9-22(30)19(27)11-17)21(29)8-5-16-12-24(32-2)26(34-4)25(13-16)33-3/h5-15,30H,1-4H3/b8-5+,28-15?. The first-order valence-corrected chi connectivity index (χ1v) is 10.9. The molecule has 1 N–H and O–H groups in total. The van der Waals surface area contributed by atoms with Crippen LogP contribution in [0.25, 0.3) is 6.08 Å². The minimum Gasteiger partial charge on any atom is -0.507 e. The summed E-state index contributed by atoms with van der Waals surface area (Å²) in [6, 6.07) is 13.6. The molecule has 0 aliphatic carbocycles. The van der Waals surface area contributed by atoms with Crippen molar-refractivity contribution >= 4 is 39.7 Å². The van der Waals surface area contributed by atoms with E-state index in [4.69, 9.17) is 18.9 Å². The Balaban J connectivity index is 1.87. The molecule has 176 valence electrons. The van der Waals surface area contributed by atoms with Crippen LogP contribution in [-0.4, -0.2) is 45.5 Å². The van der Waals surface area contributed by atoms with Gasteiger partial charge in [-0.1, -0.05) is 6.08 Å². The molecule has 3 aromatic rings. The molecule has 7 nitrogen and oxygen atoms in total. The van der Waals surface area contributed by atoms with E-state index in [1.807, 2.05) is 0 Å². The summed E-state index contributed by atoms with van der Waals surface area (Å²) < 4.78 is 22.0. The highest BCUT2D eigenvalue weighted by Gasteiger charge is 2.13. The van der Waals surface area contributed by atoms with Crippen molar-refractivity contribution in [1.29, 1.82) is 0 Å². The number of nitrogens with zero attached hydrogens (tertiary/aromatic N) is 1. The van der Waals surface area contributed by atoms with Crippen LogP contribution in [0.3, 0.4) is 0 Å². The Bertz CT molecular complexity index is 1230. The molecule has 0 fully saturated rings. The molecule has 0 saturated heterocycles. The lowest BCUT2D eigenvalue weighted by atomic mass is 10.1. The fourth-order valence-corrected chi connectivity index (χ4v) is 3.55. The SMILES string of the molecule is COc1ccc(C(=O)/C=C/c2cc(OC)c(OC)c(OC)c2)cc1N=Cc1ccc(O)c(Br)c1. The highest BCUT2D eigenvalue weighted by atomic mass is 79.9. The molecule has 8 heteroatoms. The number of ether oxygens (including phenoxy) is 4. The molecule has 0 heterocycles. The van der Waals surface area contributed by atoms with Crippen molar-refractivity contribution in [1.82, 2.24) is 0 Å². The van der Waals surface area contributed by atoms with Crippen LogP contribution in [0.15, 0.2) is 64.1 Å². The molecule has 3 rings (SSSR count). The Labute approximate surface area is 206 Å². The van der Waals surface area contributed by atoms with Gasteiger partial charge in [0.2, 0.25) is 5.75 Å². The molecule has 0 bridgehead atoms. The zero-order valence-corrected chi connectivity index (χ0v) is 20.8. The van der Waals surface area contributed by atoms with Crippen LogP contribution >= 0.6 is 15.9 Å². The fourth-order valence-electron chi connectivity index (χ4n) is 3.16. The maximum absolute atomic E-state index is 12.9. The minimum atomic E-state index is -0.208. The van der Waals surface area contributed by atoms with Gasteiger partial charge in [0.05, 0.1) is 32.9 Å². The van der Waals surface area contributed by atoms with Crippen molar-refractivity contribution < 1.29 is 28.8 Å². The van der Waals surface area contributed by atoms with Gasteiger partial charge in [-0.3, -0.25) is 9.79 Å². The van der Waals surface area contributed by atoms with E-state index in [0.29, 0.717) is 44.3 Å². The van der Waals surface area contributed by atoms with Crippen molar-refractivity contribution in [2.75, 3.05) is 28.4 Å². The van der Waals surface area contributed by atoms with Crippen LogP contribution < -0.4 is 18.9 Å². The summed E-state index contributed by atoms with van der Waals surface area (Å²) in [6.45, 7) is 0. The van der Waals surface area contributed by atoms with Gasteiger partial charge in [0.25, 0.3) is 0 Å². The number of allylic oxidation sites excluding steroid dienone is 1.